The van der Waals surface area contributed by atoms with E-state index in [0.717, 1.165) is 11.3 Å². The van der Waals surface area contributed by atoms with Crippen molar-refractivity contribution in [2.75, 3.05) is 25.1 Å². The zero-order valence-corrected chi connectivity index (χ0v) is 16.5. The Balaban J connectivity index is 1.96. The number of carbonyl (C=O) groups excluding carboxylic acids is 1. The first kappa shape index (κ1) is 21.1. The molecular weight excluding hydrogens is 378 g/mol. The highest BCUT2D eigenvalue weighted by Gasteiger charge is 2.12. The fourth-order valence-electron chi connectivity index (χ4n) is 2.25. The zero-order chi connectivity index (χ0) is 20.4. The van der Waals surface area contributed by atoms with Crippen LogP contribution in [0.25, 0.3) is 0 Å². The molecule has 0 aliphatic rings. The van der Waals surface area contributed by atoms with E-state index >= 15 is 0 Å². The molecule has 0 atom stereocenters. The SMILES string of the molecule is C#CCOc1c(Cl)cc(/C=N\NC(=O)CNc2ccc(C)cc2)cc1OCC. The van der Waals surface area contributed by atoms with E-state index in [4.69, 9.17) is 27.5 Å². The maximum atomic E-state index is 11.9. The summed E-state index contributed by atoms with van der Waals surface area (Å²) in [5.41, 5.74) is 5.12. The largest absolute Gasteiger partial charge is 0.490 e. The molecular formula is C21H22ClN3O3. The van der Waals surface area contributed by atoms with Crippen molar-refractivity contribution < 1.29 is 14.3 Å². The monoisotopic (exact) mass is 399 g/mol. The van der Waals surface area contributed by atoms with Gasteiger partial charge >= 0.3 is 0 Å². The first-order chi connectivity index (χ1) is 13.5. The Morgan fingerprint density at radius 1 is 1.29 bits per heavy atom. The number of hydrogen-bond acceptors (Lipinski definition) is 5. The number of rotatable bonds is 9. The Kier molecular flexibility index (Phi) is 8.19. The molecule has 146 valence electrons. The lowest BCUT2D eigenvalue weighted by molar-refractivity contribution is -0.119. The van der Waals surface area contributed by atoms with Gasteiger partial charge in [-0.15, -0.1) is 6.42 Å². The number of hydrogen-bond donors (Lipinski definition) is 2. The molecule has 0 unspecified atom stereocenters. The number of terminal acetylenes is 1. The number of hydrazone groups is 1. The molecule has 2 N–H and O–H groups in total. The third kappa shape index (κ3) is 6.53. The molecule has 0 fully saturated rings. The van der Waals surface area contributed by atoms with E-state index in [1.165, 1.54) is 6.21 Å². The van der Waals surface area contributed by atoms with Gasteiger partial charge in [0.2, 0.25) is 0 Å². The smallest absolute Gasteiger partial charge is 0.259 e. The number of halogens is 1. The van der Waals surface area contributed by atoms with E-state index in [-0.39, 0.29) is 19.1 Å². The number of benzene rings is 2. The van der Waals surface area contributed by atoms with Gasteiger partial charge in [0.05, 0.1) is 24.4 Å². The molecule has 0 aliphatic heterocycles. The molecule has 0 radical (unpaired) electrons. The molecule has 0 spiro atoms. The van der Waals surface area contributed by atoms with Crippen molar-refractivity contribution in [2.24, 2.45) is 5.10 Å². The topological polar surface area (TPSA) is 72.0 Å². The van der Waals surface area contributed by atoms with Crippen LogP contribution in [0.4, 0.5) is 5.69 Å². The maximum absolute atomic E-state index is 11.9. The number of nitrogens with zero attached hydrogens (tertiary/aromatic N) is 1. The Hall–Kier alpha value is -3.17. The minimum Gasteiger partial charge on any atom is -0.490 e. The fraction of sp³-hybridized carbons (Fsp3) is 0.238. The summed E-state index contributed by atoms with van der Waals surface area (Å²) in [6.45, 7) is 4.47. The summed E-state index contributed by atoms with van der Waals surface area (Å²) in [6.07, 6.45) is 6.69. The van der Waals surface area contributed by atoms with Crippen LogP contribution in [0.5, 0.6) is 11.5 Å². The molecule has 2 aromatic carbocycles. The predicted octanol–water partition coefficient (Wildman–Crippen LogP) is 3.62. The standard InChI is InChI=1S/C21H22ClN3O3/c1-4-10-28-21-18(22)11-16(12-19(21)27-5-2)13-24-25-20(26)14-23-17-8-6-15(3)7-9-17/h1,6-9,11-13,23H,5,10,14H2,2-3H3,(H,25,26)/b24-13-. The van der Waals surface area contributed by atoms with Crippen LogP contribution in [0.2, 0.25) is 5.02 Å². The normalized spacial score (nSPS) is 10.4. The van der Waals surface area contributed by atoms with Crippen molar-refractivity contribution in [1.82, 2.24) is 5.43 Å². The Bertz CT molecular complexity index is 874. The van der Waals surface area contributed by atoms with Crippen LogP contribution >= 0.6 is 11.6 Å². The number of anilines is 1. The minimum absolute atomic E-state index is 0.0806. The summed E-state index contributed by atoms with van der Waals surface area (Å²) < 4.78 is 11.0. The van der Waals surface area contributed by atoms with Gasteiger partial charge in [-0.2, -0.15) is 5.10 Å². The summed E-state index contributed by atoms with van der Waals surface area (Å²) in [7, 11) is 0. The highest BCUT2D eigenvalue weighted by Crippen LogP contribution is 2.36. The number of amides is 1. The maximum Gasteiger partial charge on any atom is 0.259 e. The zero-order valence-electron chi connectivity index (χ0n) is 15.8. The molecule has 0 saturated heterocycles. The Morgan fingerprint density at radius 3 is 2.71 bits per heavy atom. The number of aryl methyl sites for hydroxylation is 1. The van der Waals surface area contributed by atoms with Crippen molar-refractivity contribution >= 4 is 29.4 Å². The van der Waals surface area contributed by atoms with Crippen LogP contribution in [0.3, 0.4) is 0 Å². The van der Waals surface area contributed by atoms with Crippen LogP contribution in [-0.2, 0) is 4.79 Å². The van der Waals surface area contributed by atoms with Gasteiger partial charge in [-0.05, 0) is 43.7 Å². The highest BCUT2D eigenvalue weighted by atomic mass is 35.5. The van der Waals surface area contributed by atoms with Gasteiger partial charge in [0.15, 0.2) is 11.5 Å². The quantitative estimate of drug-likeness (QED) is 0.384. The third-order valence-corrected chi connectivity index (χ3v) is 3.82. The second kappa shape index (κ2) is 10.9. The summed E-state index contributed by atoms with van der Waals surface area (Å²) >= 11 is 6.24. The molecule has 2 aromatic rings. The average molecular weight is 400 g/mol. The van der Waals surface area contributed by atoms with Crippen molar-refractivity contribution in [3.63, 3.8) is 0 Å². The van der Waals surface area contributed by atoms with E-state index < -0.39 is 0 Å². The van der Waals surface area contributed by atoms with Crippen molar-refractivity contribution in [3.8, 4) is 23.8 Å². The lowest BCUT2D eigenvalue weighted by atomic mass is 10.2. The first-order valence-electron chi connectivity index (χ1n) is 8.68. The molecule has 0 aromatic heterocycles. The van der Waals surface area contributed by atoms with Crippen LogP contribution in [0, 0.1) is 19.3 Å². The van der Waals surface area contributed by atoms with E-state index in [1.807, 2.05) is 38.1 Å². The second-order valence-corrected chi connectivity index (χ2v) is 6.18. The molecule has 1 amide bonds. The van der Waals surface area contributed by atoms with E-state index in [9.17, 15) is 4.79 Å². The number of nitrogens with one attached hydrogen (secondary N) is 2. The van der Waals surface area contributed by atoms with Crippen molar-refractivity contribution in [2.45, 2.75) is 13.8 Å². The number of carbonyl (C=O) groups is 1. The number of ether oxygens (including phenoxy) is 2. The van der Waals surface area contributed by atoms with Gasteiger partial charge < -0.3 is 14.8 Å². The van der Waals surface area contributed by atoms with Gasteiger partial charge in [0.25, 0.3) is 5.91 Å². The fourth-order valence-corrected chi connectivity index (χ4v) is 2.53. The minimum atomic E-state index is -0.276. The summed E-state index contributed by atoms with van der Waals surface area (Å²) in [6, 6.07) is 11.1. The molecule has 7 heteroatoms. The van der Waals surface area contributed by atoms with Gasteiger partial charge in [0.1, 0.15) is 6.61 Å². The molecule has 0 bridgehead atoms. The van der Waals surface area contributed by atoms with Gasteiger partial charge in [-0.3, -0.25) is 4.79 Å². The lowest BCUT2D eigenvalue weighted by Gasteiger charge is -2.12. The molecule has 0 aliphatic carbocycles. The molecule has 2 rings (SSSR count). The Labute approximate surface area is 169 Å². The lowest BCUT2D eigenvalue weighted by Crippen LogP contribution is -2.25. The second-order valence-electron chi connectivity index (χ2n) is 5.77. The first-order valence-corrected chi connectivity index (χ1v) is 9.06. The van der Waals surface area contributed by atoms with E-state index in [2.05, 4.69) is 21.8 Å². The molecule has 0 heterocycles. The van der Waals surface area contributed by atoms with Crippen LogP contribution in [0.15, 0.2) is 41.5 Å². The van der Waals surface area contributed by atoms with Gasteiger partial charge in [-0.1, -0.05) is 35.2 Å². The van der Waals surface area contributed by atoms with Crippen LogP contribution in [-0.4, -0.2) is 31.9 Å². The van der Waals surface area contributed by atoms with E-state index in [0.29, 0.717) is 28.7 Å². The summed E-state index contributed by atoms with van der Waals surface area (Å²) in [4.78, 5) is 11.9. The molecule has 28 heavy (non-hydrogen) atoms. The molecule has 0 saturated carbocycles. The van der Waals surface area contributed by atoms with Gasteiger partial charge in [-0.25, -0.2) is 5.43 Å². The highest BCUT2D eigenvalue weighted by molar-refractivity contribution is 6.32. The van der Waals surface area contributed by atoms with Crippen LogP contribution in [0.1, 0.15) is 18.1 Å². The van der Waals surface area contributed by atoms with E-state index in [1.54, 1.807) is 12.1 Å². The van der Waals surface area contributed by atoms with Crippen LogP contribution < -0.4 is 20.2 Å². The summed E-state index contributed by atoms with van der Waals surface area (Å²) in [5, 5.41) is 7.32. The third-order valence-electron chi connectivity index (χ3n) is 3.54. The van der Waals surface area contributed by atoms with Gasteiger partial charge in [0, 0.05) is 5.69 Å². The summed E-state index contributed by atoms with van der Waals surface area (Å²) in [5.74, 6) is 2.95. The molecule has 6 nitrogen and oxygen atoms in total. The van der Waals surface area contributed by atoms with Crippen molar-refractivity contribution in [1.29, 1.82) is 0 Å². The average Bonchev–Trinajstić information content (AvgIpc) is 2.67. The van der Waals surface area contributed by atoms with Crippen molar-refractivity contribution in [3.05, 3.63) is 52.5 Å². The Morgan fingerprint density at radius 2 is 2.04 bits per heavy atom. The predicted molar refractivity (Wildman–Crippen MR) is 112 cm³/mol.